The van der Waals surface area contributed by atoms with Crippen molar-refractivity contribution in [2.75, 3.05) is 34.2 Å². The molecule has 2 saturated carbocycles. The van der Waals surface area contributed by atoms with E-state index in [1.54, 1.807) is 0 Å². The number of likely N-dealkylation sites (N-methyl/N-ethyl adjacent to an activating group) is 2. The molecule has 2 rings (SSSR count). The summed E-state index contributed by atoms with van der Waals surface area (Å²) in [5, 5.41) is 0. The molecular formula is C15H31N3. The summed E-state index contributed by atoms with van der Waals surface area (Å²) in [4.78, 5) is 4.97. The highest BCUT2D eigenvalue weighted by Crippen LogP contribution is 2.36. The number of nitrogens with zero attached hydrogens (tertiary/aromatic N) is 2. The molecular weight excluding hydrogens is 222 g/mol. The minimum Gasteiger partial charge on any atom is -0.327 e. The molecule has 0 aromatic rings. The Kier molecular flexibility index (Phi) is 4.68. The van der Waals surface area contributed by atoms with Gasteiger partial charge >= 0.3 is 0 Å². The Hall–Kier alpha value is -0.120. The second-order valence-corrected chi connectivity index (χ2v) is 6.85. The lowest BCUT2D eigenvalue weighted by Crippen LogP contribution is -2.56. The Morgan fingerprint density at radius 3 is 2.28 bits per heavy atom. The van der Waals surface area contributed by atoms with Crippen molar-refractivity contribution >= 4 is 0 Å². The second-order valence-electron chi connectivity index (χ2n) is 6.85. The maximum Gasteiger partial charge on any atom is 0.0330 e. The normalized spacial score (nSPS) is 31.0. The quantitative estimate of drug-likeness (QED) is 0.785. The molecule has 2 unspecified atom stereocenters. The summed E-state index contributed by atoms with van der Waals surface area (Å²) in [6, 6.07) is 0.477. The van der Waals surface area contributed by atoms with Gasteiger partial charge in [-0.3, -0.25) is 0 Å². The Morgan fingerprint density at radius 1 is 1.11 bits per heavy atom. The first-order valence-electron chi connectivity index (χ1n) is 7.65. The lowest BCUT2D eigenvalue weighted by molar-refractivity contribution is 0.0265. The monoisotopic (exact) mass is 253 g/mol. The van der Waals surface area contributed by atoms with Crippen LogP contribution in [0.25, 0.3) is 0 Å². The van der Waals surface area contributed by atoms with Gasteiger partial charge in [-0.15, -0.1) is 0 Å². The molecule has 3 nitrogen and oxygen atoms in total. The zero-order valence-corrected chi connectivity index (χ0v) is 12.5. The van der Waals surface area contributed by atoms with E-state index < -0.39 is 0 Å². The van der Waals surface area contributed by atoms with Crippen LogP contribution in [-0.2, 0) is 0 Å². The number of hydrogen-bond donors (Lipinski definition) is 1. The molecule has 0 radical (unpaired) electrons. The molecule has 2 atom stereocenters. The maximum absolute atomic E-state index is 6.15. The fourth-order valence-corrected chi connectivity index (χ4v) is 3.72. The third-order valence-corrected chi connectivity index (χ3v) is 5.40. The molecule has 0 bridgehead atoms. The maximum atomic E-state index is 6.15. The third kappa shape index (κ3) is 3.06. The van der Waals surface area contributed by atoms with Crippen molar-refractivity contribution in [3.8, 4) is 0 Å². The van der Waals surface area contributed by atoms with Crippen LogP contribution < -0.4 is 5.73 Å². The minimum atomic E-state index is 0.465. The van der Waals surface area contributed by atoms with Gasteiger partial charge in [0.25, 0.3) is 0 Å². The van der Waals surface area contributed by atoms with Crippen LogP contribution in [0.1, 0.15) is 44.9 Å². The predicted octanol–water partition coefficient (Wildman–Crippen LogP) is 1.92. The van der Waals surface area contributed by atoms with Gasteiger partial charge in [-0.2, -0.15) is 0 Å². The van der Waals surface area contributed by atoms with Crippen molar-refractivity contribution in [2.45, 2.75) is 56.5 Å². The van der Waals surface area contributed by atoms with Crippen molar-refractivity contribution in [2.24, 2.45) is 11.7 Å². The van der Waals surface area contributed by atoms with Crippen LogP contribution in [0.15, 0.2) is 0 Å². The molecule has 2 N–H and O–H groups in total. The van der Waals surface area contributed by atoms with Crippen LogP contribution in [0.2, 0.25) is 0 Å². The van der Waals surface area contributed by atoms with Gasteiger partial charge in [0.1, 0.15) is 0 Å². The summed E-state index contributed by atoms with van der Waals surface area (Å²) in [6.07, 6.45) is 9.38. The summed E-state index contributed by atoms with van der Waals surface area (Å²) in [5.41, 5.74) is 6.62. The third-order valence-electron chi connectivity index (χ3n) is 5.40. The summed E-state index contributed by atoms with van der Waals surface area (Å²) < 4.78 is 0. The fraction of sp³-hybridized carbons (Fsp3) is 1.00. The molecule has 2 aliphatic rings. The van der Waals surface area contributed by atoms with E-state index in [4.69, 9.17) is 5.73 Å². The molecule has 0 aromatic carbocycles. The highest BCUT2D eigenvalue weighted by Gasteiger charge is 2.39. The fourth-order valence-electron chi connectivity index (χ4n) is 3.72. The zero-order valence-electron chi connectivity index (χ0n) is 12.5. The topological polar surface area (TPSA) is 32.5 Å². The first-order chi connectivity index (χ1) is 8.53. The van der Waals surface area contributed by atoms with E-state index in [1.165, 1.54) is 58.0 Å². The Balaban J connectivity index is 1.73. The average Bonchev–Trinajstić information content (AvgIpc) is 2.66. The van der Waals surface area contributed by atoms with Crippen molar-refractivity contribution in [1.82, 2.24) is 9.80 Å². The minimum absolute atomic E-state index is 0.465. The Labute approximate surface area is 113 Å². The summed E-state index contributed by atoms with van der Waals surface area (Å²) in [5.74, 6) is 0.782. The molecule has 0 spiro atoms. The summed E-state index contributed by atoms with van der Waals surface area (Å²) >= 11 is 0. The first kappa shape index (κ1) is 14.3. The van der Waals surface area contributed by atoms with Gasteiger partial charge in [0.05, 0.1) is 0 Å². The Bertz CT molecular complexity index is 260. The van der Waals surface area contributed by atoms with E-state index in [0.29, 0.717) is 11.6 Å². The van der Waals surface area contributed by atoms with Crippen LogP contribution in [0.5, 0.6) is 0 Å². The molecule has 2 fully saturated rings. The predicted molar refractivity (Wildman–Crippen MR) is 77.7 cm³/mol. The largest absolute Gasteiger partial charge is 0.327 e. The van der Waals surface area contributed by atoms with Crippen LogP contribution in [-0.4, -0.2) is 55.6 Å². The van der Waals surface area contributed by atoms with Crippen LogP contribution >= 0.6 is 0 Å². The van der Waals surface area contributed by atoms with Crippen LogP contribution in [0, 0.1) is 5.92 Å². The number of nitrogens with two attached hydrogens (primary N) is 1. The van der Waals surface area contributed by atoms with Crippen LogP contribution in [0.4, 0.5) is 0 Å². The van der Waals surface area contributed by atoms with Gasteiger partial charge in [-0.05, 0) is 72.1 Å². The molecule has 0 saturated heterocycles. The lowest BCUT2D eigenvalue weighted by atomic mass is 9.75. The van der Waals surface area contributed by atoms with Crippen molar-refractivity contribution < 1.29 is 0 Å². The Morgan fingerprint density at radius 2 is 1.83 bits per heavy atom. The van der Waals surface area contributed by atoms with Gasteiger partial charge in [-0.1, -0.05) is 6.42 Å². The van der Waals surface area contributed by atoms with E-state index in [9.17, 15) is 0 Å². The van der Waals surface area contributed by atoms with Gasteiger partial charge in [-0.25, -0.2) is 0 Å². The van der Waals surface area contributed by atoms with Gasteiger partial charge < -0.3 is 15.5 Å². The molecule has 18 heavy (non-hydrogen) atoms. The summed E-state index contributed by atoms with van der Waals surface area (Å²) in [6.45, 7) is 2.44. The highest BCUT2D eigenvalue weighted by molar-refractivity contribution is 4.98. The average molecular weight is 253 g/mol. The van der Waals surface area contributed by atoms with Crippen LogP contribution in [0.3, 0.4) is 0 Å². The van der Waals surface area contributed by atoms with Crippen molar-refractivity contribution in [3.05, 3.63) is 0 Å². The van der Waals surface area contributed by atoms with E-state index in [2.05, 4.69) is 30.9 Å². The summed E-state index contributed by atoms with van der Waals surface area (Å²) in [7, 11) is 6.75. The second kappa shape index (κ2) is 5.89. The first-order valence-corrected chi connectivity index (χ1v) is 7.65. The van der Waals surface area contributed by atoms with Crippen molar-refractivity contribution in [1.29, 1.82) is 0 Å². The number of hydrogen-bond acceptors (Lipinski definition) is 3. The van der Waals surface area contributed by atoms with E-state index in [1.807, 2.05) is 0 Å². The van der Waals surface area contributed by atoms with Crippen molar-refractivity contribution in [3.63, 3.8) is 0 Å². The zero-order chi connectivity index (χ0) is 13.2. The van der Waals surface area contributed by atoms with Gasteiger partial charge in [0.15, 0.2) is 0 Å². The molecule has 0 heterocycles. The van der Waals surface area contributed by atoms with E-state index in [0.717, 1.165) is 5.92 Å². The lowest BCUT2D eigenvalue weighted by Gasteiger charge is -2.49. The molecule has 2 aliphatic carbocycles. The molecule has 0 aromatic heterocycles. The molecule has 0 aliphatic heterocycles. The molecule has 106 valence electrons. The molecule has 0 amide bonds. The highest BCUT2D eigenvalue weighted by atomic mass is 15.2. The van der Waals surface area contributed by atoms with Gasteiger partial charge in [0.2, 0.25) is 0 Å². The standard InChI is InChI=1S/C15H31N3/c1-17(2)15(9-5-10-15)12-18(3)11-8-13-6-4-7-14(13)16/h13-14H,4-12,16H2,1-3H3. The van der Waals surface area contributed by atoms with E-state index >= 15 is 0 Å². The number of rotatable bonds is 6. The van der Waals surface area contributed by atoms with Gasteiger partial charge in [0, 0.05) is 18.1 Å². The SMILES string of the molecule is CN(CCC1CCCC1N)CC1(N(C)C)CCC1. The smallest absolute Gasteiger partial charge is 0.0330 e. The van der Waals surface area contributed by atoms with E-state index in [-0.39, 0.29) is 0 Å². The molecule has 3 heteroatoms.